The molecular formula is C22H26N4O5S. The lowest BCUT2D eigenvalue weighted by atomic mass is 9.92. The summed E-state index contributed by atoms with van der Waals surface area (Å²) < 4.78 is 32.4. The Labute approximate surface area is 187 Å². The molecule has 0 radical (unpaired) electrons. The summed E-state index contributed by atoms with van der Waals surface area (Å²) in [5, 5.41) is 2.79. The highest BCUT2D eigenvalue weighted by atomic mass is 32.2. The number of sulfonamides is 1. The van der Waals surface area contributed by atoms with Gasteiger partial charge in [-0.15, -0.1) is 0 Å². The van der Waals surface area contributed by atoms with E-state index in [-0.39, 0.29) is 30.6 Å². The summed E-state index contributed by atoms with van der Waals surface area (Å²) in [6.45, 7) is 3.18. The number of hydrogen-bond acceptors (Lipinski definition) is 6. The number of methoxy groups -OCH3 is 1. The molecule has 0 aliphatic carbocycles. The zero-order valence-corrected chi connectivity index (χ0v) is 18.8. The monoisotopic (exact) mass is 458 g/mol. The number of nitrogens with one attached hydrogen (secondary N) is 1. The van der Waals surface area contributed by atoms with Crippen molar-refractivity contribution < 1.29 is 22.7 Å². The first-order chi connectivity index (χ1) is 15.3. The number of benzene rings is 2. The van der Waals surface area contributed by atoms with Crippen LogP contribution < -0.4 is 10.1 Å². The van der Waals surface area contributed by atoms with E-state index in [9.17, 15) is 18.0 Å². The Morgan fingerprint density at radius 3 is 2.19 bits per heavy atom. The molecule has 32 heavy (non-hydrogen) atoms. The van der Waals surface area contributed by atoms with Gasteiger partial charge in [0, 0.05) is 26.2 Å². The molecule has 2 aliphatic rings. The highest BCUT2D eigenvalue weighted by Crippen LogP contribution is 2.29. The minimum atomic E-state index is -3.62. The molecule has 2 aromatic carbocycles. The predicted molar refractivity (Wildman–Crippen MR) is 117 cm³/mol. The summed E-state index contributed by atoms with van der Waals surface area (Å²) in [5.41, 5.74) is -0.394. The van der Waals surface area contributed by atoms with Crippen LogP contribution in [0.3, 0.4) is 0 Å². The van der Waals surface area contributed by atoms with Crippen LogP contribution in [0.5, 0.6) is 5.75 Å². The molecule has 2 aliphatic heterocycles. The number of carbonyl (C=O) groups excluding carboxylic acids is 2. The van der Waals surface area contributed by atoms with Gasteiger partial charge in [0.2, 0.25) is 10.0 Å². The van der Waals surface area contributed by atoms with Crippen LogP contribution in [0, 0.1) is 0 Å². The minimum Gasteiger partial charge on any atom is -0.497 e. The van der Waals surface area contributed by atoms with Gasteiger partial charge < -0.3 is 10.1 Å². The SMILES string of the molecule is COc1ccc(S(=O)(=O)N2CCN(CN3C(=O)N[C@](C)(c4ccccc4)C3=O)CC2)cc1. The van der Waals surface area contributed by atoms with Crippen molar-refractivity contribution in [2.45, 2.75) is 17.4 Å². The van der Waals surface area contributed by atoms with Gasteiger partial charge in [-0.3, -0.25) is 9.69 Å². The van der Waals surface area contributed by atoms with Crippen molar-refractivity contribution >= 4 is 22.0 Å². The van der Waals surface area contributed by atoms with Gasteiger partial charge in [0.15, 0.2) is 0 Å². The first-order valence-corrected chi connectivity index (χ1v) is 11.8. The fraction of sp³-hybridized carbons (Fsp3) is 0.364. The third-order valence-electron chi connectivity index (χ3n) is 6.00. The summed E-state index contributed by atoms with van der Waals surface area (Å²) >= 11 is 0. The predicted octanol–water partition coefficient (Wildman–Crippen LogP) is 1.43. The van der Waals surface area contributed by atoms with Crippen molar-refractivity contribution in [1.82, 2.24) is 19.4 Å². The van der Waals surface area contributed by atoms with E-state index in [1.54, 1.807) is 19.1 Å². The van der Waals surface area contributed by atoms with Gasteiger partial charge >= 0.3 is 6.03 Å². The molecule has 0 unspecified atom stereocenters. The van der Waals surface area contributed by atoms with Crippen molar-refractivity contribution in [3.8, 4) is 5.75 Å². The topological polar surface area (TPSA) is 99.3 Å². The number of imide groups is 1. The maximum Gasteiger partial charge on any atom is 0.326 e. The average molecular weight is 459 g/mol. The second kappa shape index (κ2) is 8.53. The molecule has 10 heteroatoms. The molecule has 0 bridgehead atoms. The van der Waals surface area contributed by atoms with Crippen LogP contribution in [0.15, 0.2) is 59.5 Å². The zero-order chi connectivity index (χ0) is 22.9. The van der Waals surface area contributed by atoms with Crippen molar-refractivity contribution in [3.05, 3.63) is 60.2 Å². The second-order valence-electron chi connectivity index (χ2n) is 7.99. The first-order valence-electron chi connectivity index (χ1n) is 10.3. The quantitative estimate of drug-likeness (QED) is 0.658. The summed E-state index contributed by atoms with van der Waals surface area (Å²) in [6, 6.07) is 15.0. The summed E-state index contributed by atoms with van der Waals surface area (Å²) in [4.78, 5) is 28.9. The van der Waals surface area contributed by atoms with E-state index < -0.39 is 21.6 Å². The van der Waals surface area contributed by atoms with Gasteiger partial charge in [-0.05, 0) is 36.8 Å². The fourth-order valence-electron chi connectivity index (χ4n) is 4.00. The lowest BCUT2D eigenvalue weighted by Gasteiger charge is -2.35. The van der Waals surface area contributed by atoms with Crippen LogP contribution in [0.4, 0.5) is 4.79 Å². The molecule has 170 valence electrons. The average Bonchev–Trinajstić information content (AvgIpc) is 3.04. The van der Waals surface area contributed by atoms with Crippen molar-refractivity contribution in [2.75, 3.05) is 40.0 Å². The Morgan fingerprint density at radius 2 is 1.59 bits per heavy atom. The highest BCUT2D eigenvalue weighted by Gasteiger charge is 2.49. The zero-order valence-electron chi connectivity index (χ0n) is 18.0. The third-order valence-corrected chi connectivity index (χ3v) is 7.91. The van der Waals surface area contributed by atoms with E-state index in [1.165, 1.54) is 28.4 Å². The summed E-state index contributed by atoms with van der Waals surface area (Å²) in [5.74, 6) is 0.270. The lowest BCUT2D eigenvalue weighted by Crippen LogP contribution is -2.52. The molecule has 1 N–H and O–H groups in total. The number of rotatable bonds is 6. The summed E-state index contributed by atoms with van der Waals surface area (Å²) in [7, 11) is -2.10. The highest BCUT2D eigenvalue weighted by molar-refractivity contribution is 7.89. The second-order valence-corrected chi connectivity index (χ2v) is 9.93. The molecule has 3 amide bonds. The van der Waals surface area contributed by atoms with Gasteiger partial charge in [-0.2, -0.15) is 4.31 Å². The third kappa shape index (κ3) is 3.96. The lowest BCUT2D eigenvalue weighted by molar-refractivity contribution is -0.132. The van der Waals surface area contributed by atoms with Crippen LogP contribution >= 0.6 is 0 Å². The Morgan fingerprint density at radius 1 is 0.969 bits per heavy atom. The number of amides is 3. The van der Waals surface area contributed by atoms with Crippen molar-refractivity contribution in [2.24, 2.45) is 0 Å². The normalized spacial score (nSPS) is 22.8. The Balaban J connectivity index is 1.40. The van der Waals surface area contributed by atoms with Crippen LogP contribution in [0.25, 0.3) is 0 Å². The molecule has 4 rings (SSSR count). The molecule has 9 nitrogen and oxygen atoms in total. The Kier molecular flexibility index (Phi) is 5.93. The van der Waals surface area contributed by atoms with Gasteiger partial charge in [0.1, 0.15) is 11.3 Å². The fourth-order valence-corrected chi connectivity index (χ4v) is 5.42. The van der Waals surface area contributed by atoms with Gasteiger partial charge in [0.05, 0.1) is 18.7 Å². The molecule has 2 heterocycles. The van der Waals surface area contributed by atoms with E-state index in [2.05, 4.69) is 5.32 Å². The first kappa shape index (κ1) is 22.3. The van der Waals surface area contributed by atoms with Crippen LogP contribution in [0.2, 0.25) is 0 Å². The molecular weight excluding hydrogens is 432 g/mol. The van der Waals surface area contributed by atoms with Crippen LogP contribution in [0.1, 0.15) is 12.5 Å². The molecule has 2 fully saturated rings. The van der Waals surface area contributed by atoms with E-state index in [0.717, 1.165) is 5.56 Å². The van der Waals surface area contributed by atoms with Gasteiger partial charge in [-0.1, -0.05) is 30.3 Å². The molecule has 1 atom stereocenters. The number of carbonyl (C=O) groups is 2. The van der Waals surface area contributed by atoms with Crippen molar-refractivity contribution in [1.29, 1.82) is 0 Å². The molecule has 0 aromatic heterocycles. The standard InChI is InChI=1S/C22H26N4O5S/c1-22(17-6-4-3-5-7-17)20(27)26(21(28)23-22)16-24-12-14-25(15-13-24)32(29,30)19-10-8-18(31-2)9-11-19/h3-11H,12-16H2,1-2H3,(H,23,28)/t22-/m1/s1. The Hall–Kier alpha value is -2.95. The van der Waals surface area contributed by atoms with E-state index in [1.807, 2.05) is 35.2 Å². The Bertz CT molecular complexity index is 1100. The maximum absolute atomic E-state index is 13.1. The minimum absolute atomic E-state index is 0.115. The molecule has 0 spiro atoms. The smallest absolute Gasteiger partial charge is 0.326 e. The van der Waals surface area contributed by atoms with E-state index >= 15 is 0 Å². The summed E-state index contributed by atoms with van der Waals surface area (Å²) in [6.07, 6.45) is 0. The van der Waals surface area contributed by atoms with Crippen LogP contribution in [-0.2, 0) is 20.4 Å². The number of nitrogens with zero attached hydrogens (tertiary/aromatic N) is 3. The molecule has 2 aromatic rings. The van der Waals surface area contributed by atoms with Crippen molar-refractivity contribution in [3.63, 3.8) is 0 Å². The number of piperazine rings is 1. The number of urea groups is 1. The van der Waals surface area contributed by atoms with Crippen LogP contribution in [-0.4, -0.2) is 74.4 Å². The number of ether oxygens (including phenoxy) is 1. The molecule has 2 saturated heterocycles. The number of hydrogen-bond donors (Lipinski definition) is 1. The molecule has 0 saturated carbocycles. The van der Waals surface area contributed by atoms with E-state index in [4.69, 9.17) is 4.74 Å². The van der Waals surface area contributed by atoms with Gasteiger partial charge in [-0.25, -0.2) is 18.1 Å². The maximum atomic E-state index is 13.1. The largest absolute Gasteiger partial charge is 0.497 e. The van der Waals surface area contributed by atoms with E-state index in [0.29, 0.717) is 18.8 Å². The van der Waals surface area contributed by atoms with Gasteiger partial charge in [0.25, 0.3) is 5.91 Å².